The van der Waals surface area contributed by atoms with Crippen LogP contribution in [-0.2, 0) is 4.74 Å². The molecule has 0 fully saturated rings. The van der Waals surface area contributed by atoms with Crippen molar-refractivity contribution in [3.63, 3.8) is 0 Å². The summed E-state index contributed by atoms with van der Waals surface area (Å²) < 4.78 is 21.7. The Balaban J connectivity index is 2.96. The van der Waals surface area contributed by atoms with Crippen molar-refractivity contribution in [2.75, 3.05) is 6.61 Å². The molecule has 0 spiro atoms. The molecule has 0 N–H and O–H groups in total. The number of rotatable bonds is 3. The lowest BCUT2D eigenvalue weighted by molar-refractivity contribution is -0.385. The molecule has 1 aromatic carbocycles. The fraction of sp³-hybridized carbons (Fsp3) is 0.222. The van der Waals surface area contributed by atoms with Gasteiger partial charge in [-0.15, -0.1) is 0 Å². The zero-order valence-corrected chi connectivity index (χ0v) is 8.31. The van der Waals surface area contributed by atoms with E-state index >= 15 is 0 Å². The second-order valence-electron chi connectivity index (χ2n) is 2.65. The largest absolute Gasteiger partial charge is 0.514 e. The highest BCUT2D eigenvalue weighted by Crippen LogP contribution is 2.27. The molecule has 0 saturated heterocycles. The van der Waals surface area contributed by atoms with Gasteiger partial charge in [0.25, 0.3) is 0 Å². The number of benzene rings is 1. The molecule has 16 heavy (non-hydrogen) atoms. The van der Waals surface area contributed by atoms with E-state index in [9.17, 15) is 19.3 Å². The number of hydrogen-bond donors (Lipinski definition) is 0. The second kappa shape index (κ2) is 5.06. The van der Waals surface area contributed by atoms with Gasteiger partial charge in [0.15, 0.2) is 0 Å². The fourth-order valence-electron chi connectivity index (χ4n) is 0.958. The van der Waals surface area contributed by atoms with Gasteiger partial charge >= 0.3 is 11.8 Å². The third kappa shape index (κ3) is 2.91. The number of ether oxygens (including phenoxy) is 2. The van der Waals surface area contributed by atoms with Crippen molar-refractivity contribution < 1.29 is 23.6 Å². The first-order chi connectivity index (χ1) is 7.54. The molecule has 0 radical (unpaired) electrons. The number of carbonyl (C=O) groups is 1. The van der Waals surface area contributed by atoms with Gasteiger partial charge in [-0.1, -0.05) is 0 Å². The van der Waals surface area contributed by atoms with Crippen molar-refractivity contribution in [1.82, 2.24) is 0 Å². The van der Waals surface area contributed by atoms with E-state index in [2.05, 4.69) is 9.47 Å². The van der Waals surface area contributed by atoms with E-state index in [1.807, 2.05) is 0 Å². The average molecular weight is 229 g/mol. The lowest BCUT2D eigenvalue weighted by atomic mass is 10.3. The van der Waals surface area contributed by atoms with Crippen molar-refractivity contribution in [2.24, 2.45) is 0 Å². The highest BCUT2D eigenvalue weighted by molar-refractivity contribution is 5.66. The molecule has 0 amide bonds. The van der Waals surface area contributed by atoms with Gasteiger partial charge in [0, 0.05) is 12.1 Å². The van der Waals surface area contributed by atoms with E-state index in [0.717, 1.165) is 18.2 Å². The molecule has 1 aromatic rings. The number of halogens is 1. The molecule has 0 aliphatic carbocycles. The van der Waals surface area contributed by atoms with Crippen LogP contribution in [0.15, 0.2) is 18.2 Å². The van der Waals surface area contributed by atoms with E-state index in [-0.39, 0.29) is 6.61 Å². The molecule has 0 atom stereocenters. The molecule has 0 aliphatic rings. The summed E-state index contributed by atoms with van der Waals surface area (Å²) in [5.41, 5.74) is -0.505. The number of nitro groups is 1. The van der Waals surface area contributed by atoms with E-state index in [0.29, 0.717) is 0 Å². The number of nitrogens with zero attached hydrogens (tertiary/aromatic N) is 1. The van der Waals surface area contributed by atoms with Crippen molar-refractivity contribution >= 4 is 11.8 Å². The monoisotopic (exact) mass is 229 g/mol. The first-order valence-electron chi connectivity index (χ1n) is 4.33. The molecule has 0 bridgehead atoms. The third-order valence-corrected chi connectivity index (χ3v) is 1.57. The van der Waals surface area contributed by atoms with Crippen LogP contribution in [0, 0.1) is 15.9 Å². The molecular weight excluding hydrogens is 221 g/mol. The average Bonchev–Trinajstić information content (AvgIpc) is 2.17. The standard InChI is InChI=1S/C9H8FNO5/c1-2-15-9(12)16-8-5-6(10)3-4-7(8)11(13)14/h3-5H,2H2,1H3. The van der Waals surface area contributed by atoms with Crippen LogP contribution in [0.3, 0.4) is 0 Å². The Morgan fingerprint density at radius 2 is 2.25 bits per heavy atom. The van der Waals surface area contributed by atoms with Gasteiger partial charge in [-0.05, 0) is 13.0 Å². The second-order valence-corrected chi connectivity index (χ2v) is 2.65. The summed E-state index contributed by atoms with van der Waals surface area (Å²) in [7, 11) is 0. The number of nitro benzene ring substituents is 1. The van der Waals surface area contributed by atoms with Gasteiger partial charge in [-0.3, -0.25) is 10.1 Å². The predicted octanol–water partition coefficient (Wildman–Crippen LogP) is 2.27. The van der Waals surface area contributed by atoms with Gasteiger partial charge in [0.2, 0.25) is 5.75 Å². The Morgan fingerprint density at radius 1 is 1.56 bits per heavy atom. The molecule has 6 nitrogen and oxygen atoms in total. The van der Waals surface area contributed by atoms with Crippen LogP contribution in [0.4, 0.5) is 14.9 Å². The molecule has 0 aromatic heterocycles. The number of hydrogen-bond acceptors (Lipinski definition) is 5. The number of carbonyl (C=O) groups excluding carboxylic acids is 1. The topological polar surface area (TPSA) is 78.7 Å². The van der Waals surface area contributed by atoms with Crippen LogP contribution >= 0.6 is 0 Å². The van der Waals surface area contributed by atoms with Gasteiger partial charge < -0.3 is 9.47 Å². The molecule has 0 heterocycles. The van der Waals surface area contributed by atoms with Crippen LogP contribution in [-0.4, -0.2) is 17.7 Å². The summed E-state index contributed by atoms with van der Waals surface area (Å²) in [4.78, 5) is 20.6. The Bertz CT molecular complexity index is 420. The SMILES string of the molecule is CCOC(=O)Oc1cc(F)ccc1[N+](=O)[O-]. The Kier molecular flexibility index (Phi) is 3.76. The maximum atomic E-state index is 12.8. The maximum absolute atomic E-state index is 12.8. The van der Waals surface area contributed by atoms with E-state index < -0.39 is 28.3 Å². The zero-order valence-electron chi connectivity index (χ0n) is 8.31. The van der Waals surface area contributed by atoms with Gasteiger partial charge in [-0.2, -0.15) is 0 Å². The molecule has 7 heteroatoms. The van der Waals surface area contributed by atoms with Crippen molar-refractivity contribution in [2.45, 2.75) is 6.92 Å². The summed E-state index contributed by atoms with van der Waals surface area (Å²) >= 11 is 0. The van der Waals surface area contributed by atoms with E-state index in [4.69, 9.17) is 0 Å². The first-order valence-corrected chi connectivity index (χ1v) is 4.33. The third-order valence-electron chi connectivity index (χ3n) is 1.57. The first kappa shape index (κ1) is 11.9. The molecule has 0 unspecified atom stereocenters. The summed E-state index contributed by atoms with van der Waals surface area (Å²) in [6, 6.07) is 2.55. The summed E-state index contributed by atoms with van der Waals surface area (Å²) in [5.74, 6) is -1.23. The van der Waals surface area contributed by atoms with Crippen molar-refractivity contribution in [3.8, 4) is 5.75 Å². The normalized spacial score (nSPS) is 9.62. The zero-order chi connectivity index (χ0) is 12.1. The lowest BCUT2D eigenvalue weighted by Gasteiger charge is -2.04. The summed E-state index contributed by atoms with van der Waals surface area (Å²) in [6.07, 6.45) is -1.11. The summed E-state index contributed by atoms with van der Waals surface area (Å²) in [5, 5.41) is 10.5. The maximum Gasteiger partial charge on any atom is 0.514 e. The van der Waals surface area contributed by atoms with Gasteiger partial charge in [-0.25, -0.2) is 9.18 Å². The fourth-order valence-corrected chi connectivity index (χ4v) is 0.958. The quantitative estimate of drug-likeness (QED) is 0.344. The minimum absolute atomic E-state index is 0.0575. The Hall–Kier alpha value is -2.18. The van der Waals surface area contributed by atoms with Crippen LogP contribution in [0.5, 0.6) is 5.75 Å². The van der Waals surface area contributed by atoms with Crippen molar-refractivity contribution in [1.29, 1.82) is 0 Å². The van der Waals surface area contributed by atoms with Crippen LogP contribution in [0.2, 0.25) is 0 Å². The highest BCUT2D eigenvalue weighted by Gasteiger charge is 2.19. The molecule has 0 aliphatic heterocycles. The van der Waals surface area contributed by atoms with Crippen LogP contribution in [0.25, 0.3) is 0 Å². The van der Waals surface area contributed by atoms with Crippen LogP contribution < -0.4 is 4.74 Å². The predicted molar refractivity (Wildman–Crippen MR) is 50.7 cm³/mol. The van der Waals surface area contributed by atoms with Crippen LogP contribution in [0.1, 0.15) is 6.92 Å². The smallest absolute Gasteiger partial charge is 0.434 e. The lowest BCUT2D eigenvalue weighted by Crippen LogP contribution is -2.11. The van der Waals surface area contributed by atoms with E-state index in [1.54, 1.807) is 6.92 Å². The van der Waals surface area contributed by atoms with Gasteiger partial charge in [0.05, 0.1) is 11.5 Å². The minimum atomic E-state index is -1.11. The molecule has 0 saturated carbocycles. The summed E-state index contributed by atoms with van der Waals surface area (Å²) in [6.45, 7) is 1.60. The van der Waals surface area contributed by atoms with E-state index in [1.165, 1.54) is 0 Å². The highest BCUT2D eigenvalue weighted by atomic mass is 19.1. The Morgan fingerprint density at radius 3 is 2.81 bits per heavy atom. The molecular formula is C9H8FNO5. The van der Waals surface area contributed by atoms with Gasteiger partial charge in [0.1, 0.15) is 5.82 Å². The molecule has 86 valence electrons. The molecule has 1 rings (SSSR count). The minimum Gasteiger partial charge on any atom is -0.434 e. The van der Waals surface area contributed by atoms with Crippen molar-refractivity contribution in [3.05, 3.63) is 34.1 Å². The Labute approximate surface area is 89.7 Å².